The Kier molecular flexibility index (Phi) is 5.16. The van der Waals surface area contributed by atoms with Gasteiger partial charge in [0.25, 0.3) is 0 Å². The van der Waals surface area contributed by atoms with Crippen LogP contribution in [0, 0.1) is 0 Å². The van der Waals surface area contributed by atoms with Gasteiger partial charge in [-0.25, -0.2) is 0 Å². The summed E-state index contributed by atoms with van der Waals surface area (Å²) in [6.07, 6.45) is -1.86. The van der Waals surface area contributed by atoms with E-state index in [9.17, 15) is 18.0 Å². The molecule has 1 aromatic heterocycles. The number of nitrogens with one attached hydrogen (secondary N) is 2. The summed E-state index contributed by atoms with van der Waals surface area (Å²) in [6.45, 7) is -1.41. The number of ether oxygens (including phenoxy) is 1. The summed E-state index contributed by atoms with van der Waals surface area (Å²) in [5, 5.41) is 3.67. The van der Waals surface area contributed by atoms with Gasteiger partial charge in [0.2, 0.25) is 5.91 Å². The van der Waals surface area contributed by atoms with Gasteiger partial charge in [-0.1, -0.05) is 30.3 Å². The van der Waals surface area contributed by atoms with Crippen molar-refractivity contribution >= 4 is 22.5 Å². The number of hydrogen-bond donors (Lipinski definition) is 2. The van der Waals surface area contributed by atoms with Crippen LogP contribution in [0.1, 0.15) is 12.0 Å². The van der Waals surface area contributed by atoms with Gasteiger partial charge in [-0.15, -0.1) is 0 Å². The van der Waals surface area contributed by atoms with E-state index in [1.165, 1.54) is 12.1 Å². The van der Waals surface area contributed by atoms with Gasteiger partial charge in [0.1, 0.15) is 5.75 Å². The molecule has 0 bridgehead atoms. The molecule has 1 heterocycles. The molecule has 0 aliphatic heterocycles. The third kappa shape index (κ3) is 4.56. The summed E-state index contributed by atoms with van der Waals surface area (Å²) in [5.74, 6) is -0.302. The number of anilines is 1. The number of aromatic amines is 1. The zero-order chi connectivity index (χ0) is 18.6. The summed E-state index contributed by atoms with van der Waals surface area (Å²) in [5.41, 5.74) is 2.23. The number of aryl methyl sites for hydroxylation is 1. The molecule has 26 heavy (non-hydrogen) atoms. The molecule has 0 unspecified atom stereocenters. The Morgan fingerprint density at radius 1 is 1.08 bits per heavy atom. The lowest BCUT2D eigenvalue weighted by Crippen LogP contribution is -2.20. The van der Waals surface area contributed by atoms with E-state index in [1.807, 2.05) is 30.5 Å². The lowest BCUT2D eigenvalue weighted by atomic mass is 10.1. The first-order chi connectivity index (χ1) is 12.4. The highest BCUT2D eigenvalue weighted by atomic mass is 19.4. The normalized spacial score (nSPS) is 11.5. The number of para-hydroxylation sites is 3. The minimum atomic E-state index is -4.44. The van der Waals surface area contributed by atoms with Gasteiger partial charge in [0.15, 0.2) is 6.61 Å². The van der Waals surface area contributed by atoms with Crippen LogP contribution in [0.25, 0.3) is 10.9 Å². The number of benzene rings is 2. The molecule has 4 nitrogen and oxygen atoms in total. The number of amides is 1. The molecule has 7 heteroatoms. The molecule has 3 aromatic rings. The van der Waals surface area contributed by atoms with Crippen molar-refractivity contribution in [2.45, 2.75) is 19.0 Å². The van der Waals surface area contributed by atoms with Crippen molar-refractivity contribution in [3.63, 3.8) is 0 Å². The summed E-state index contributed by atoms with van der Waals surface area (Å²) >= 11 is 0. The van der Waals surface area contributed by atoms with E-state index in [-0.39, 0.29) is 23.8 Å². The smallest absolute Gasteiger partial charge is 0.422 e. The first kappa shape index (κ1) is 17.8. The Hall–Kier alpha value is -2.96. The lowest BCUT2D eigenvalue weighted by Gasteiger charge is -2.13. The maximum atomic E-state index is 12.3. The average Bonchev–Trinajstić information content (AvgIpc) is 3.02. The standard InChI is InChI=1S/C19H17F3N2O2/c20-19(21,22)12-26-17-8-4-3-7-16(17)24-18(25)10-9-13-11-23-15-6-2-1-5-14(13)15/h1-8,11,23H,9-10,12H2,(H,24,25). The van der Waals surface area contributed by atoms with E-state index in [0.717, 1.165) is 16.5 Å². The highest BCUT2D eigenvalue weighted by Gasteiger charge is 2.28. The number of carbonyl (C=O) groups excluding carboxylic acids is 1. The maximum Gasteiger partial charge on any atom is 0.422 e. The molecule has 0 atom stereocenters. The van der Waals surface area contributed by atoms with E-state index in [0.29, 0.717) is 6.42 Å². The van der Waals surface area contributed by atoms with Gasteiger partial charge >= 0.3 is 6.18 Å². The molecule has 0 aliphatic rings. The largest absolute Gasteiger partial charge is 0.482 e. The fraction of sp³-hybridized carbons (Fsp3) is 0.211. The van der Waals surface area contributed by atoms with E-state index in [4.69, 9.17) is 4.74 Å². The topological polar surface area (TPSA) is 54.1 Å². The predicted molar refractivity (Wildman–Crippen MR) is 93.2 cm³/mol. The van der Waals surface area contributed by atoms with Crippen molar-refractivity contribution in [2.75, 3.05) is 11.9 Å². The summed E-state index contributed by atoms with van der Waals surface area (Å²) in [4.78, 5) is 15.3. The highest BCUT2D eigenvalue weighted by Crippen LogP contribution is 2.26. The fourth-order valence-corrected chi connectivity index (χ4v) is 2.65. The van der Waals surface area contributed by atoms with Crippen LogP contribution in [0.5, 0.6) is 5.75 Å². The van der Waals surface area contributed by atoms with Gasteiger partial charge in [-0.3, -0.25) is 4.79 Å². The molecule has 0 saturated heterocycles. The van der Waals surface area contributed by atoms with Crippen LogP contribution in [0.15, 0.2) is 54.7 Å². The van der Waals surface area contributed by atoms with Crippen LogP contribution in [0.3, 0.4) is 0 Å². The molecular weight excluding hydrogens is 345 g/mol. The van der Waals surface area contributed by atoms with Crippen molar-refractivity contribution < 1.29 is 22.7 Å². The van der Waals surface area contributed by atoms with Gasteiger partial charge < -0.3 is 15.0 Å². The predicted octanol–water partition coefficient (Wildman–Crippen LogP) is 4.68. The van der Waals surface area contributed by atoms with E-state index in [1.54, 1.807) is 12.1 Å². The first-order valence-electron chi connectivity index (χ1n) is 8.06. The molecule has 2 N–H and O–H groups in total. The van der Waals surface area contributed by atoms with Gasteiger partial charge in [0.05, 0.1) is 5.69 Å². The summed E-state index contributed by atoms with van der Waals surface area (Å²) < 4.78 is 41.7. The minimum absolute atomic E-state index is 0.00901. The molecule has 0 aliphatic carbocycles. The zero-order valence-electron chi connectivity index (χ0n) is 13.8. The Morgan fingerprint density at radius 3 is 2.62 bits per heavy atom. The molecule has 0 saturated carbocycles. The highest BCUT2D eigenvalue weighted by molar-refractivity contribution is 5.93. The van der Waals surface area contributed by atoms with Crippen molar-refractivity contribution in [3.05, 3.63) is 60.3 Å². The molecule has 0 spiro atoms. The van der Waals surface area contributed by atoms with Crippen molar-refractivity contribution in [1.29, 1.82) is 0 Å². The Labute approximate surface area is 148 Å². The van der Waals surface area contributed by atoms with Crippen molar-refractivity contribution in [1.82, 2.24) is 4.98 Å². The van der Waals surface area contributed by atoms with E-state index in [2.05, 4.69) is 10.3 Å². The van der Waals surface area contributed by atoms with Crippen molar-refractivity contribution in [2.24, 2.45) is 0 Å². The number of H-pyrrole nitrogens is 1. The van der Waals surface area contributed by atoms with Gasteiger partial charge in [-0.05, 0) is 30.2 Å². The average molecular weight is 362 g/mol. The number of rotatable bonds is 6. The second kappa shape index (κ2) is 7.51. The third-order valence-corrected chi connectivity index (χ3v) is 3.85. The molecule has 2 aromatic carbocycles. The summed E-state index contributed by atoms with van der Waals surface area (Å²) in [7, 11) is 0. The van der Waals surface area contributed by atoms with E-state index < -0.39 is 12.8 Å². The monoisotopic (exact) mass is 362 g/mol. The number of fused-ring (bicyclic) bond motifs is 1. The van der Waals surface area contributed by atoms with Crippen LogP contribution in [0.4, 0.5) is 18.9 Å². The van der Waals surface area contributed by atoms with Crippen LogP contribution in [-0.4, -0.2) is 23.7 Å². The molecule has 0 radical (unpaired) electrons. The SMILES string of the molecule is O=C(CCc1c[nH]c2ccccc12)Nc1ccccc1OCC(F)(F)F. The van der Waals surface area contributed by atoms with Crippen LogP contribution in [0.2, 0.25) is 0 Å². The number of hydrogen-bond acceptors (Lipinski definition) is 2. The van der Waals surface area contributed by atoms with Crippen LogP contribution in [-0.2, 0) is 11.2 Å². The minimum Gasteiger partial charge on any atom is -0.482 e. The second-order valence-corrected chi connectivity index (χ2v) is 5.81. The number of carbonyl (C=O) groups is 1. The molecule has 1 amide bonds. The Morgan fingerprint density at radius 2 is 1.81 bits per heavy atom. The zero-order valence-corrected chi connectivity index (χ0v) is 13.8. The first-order valence-corrected chi connectivity index (χ1v) is 8.06. The maximum absolute atomic E-state index is 12.3. The van der Waals surface area contributed by atoms with E-state index >= 15 is 0 Å². The fourth-order valence-electron chi connectivity index (χ4n) is 2.65. The lowest BCUT2D eigenvalue weighted by molar-refractivity contribution is -0.153. The number of aromatic nitrogens is 1. The van der Waals surface area contributed by atoms with Crippen LogP contribution < -0.4 is 10.1 Å². The molecular formula is C19H17F3N2O2. The van der Waals surface area contributed by atoms with Gasteiger partial charge in [-0.2, -0.15) is 13.2 Å². The second-order valence-electron chi connectivity index (χ2n) is 5.81. The number of alkyl halides is 3. The number of halogens is 3. The molecule has 0 fully saturated rings. The summed E-state index contributed by atoms with van der Waals surface area (Å²) in [6, 6.07) is 13.8. The third-order valence-electron chi connectivity index (χ3n) is 3.85. The van der Waals surface area contributed by atoms with Gasteiger partial charge in [0, 0.05) is 23.5 Å². The van der Waals surface area contributed by atoms with Crippen LogP contribution >= 0.6 is 0 Å². The van der Waals surface area contributed by atoms with Crippen molar-refractivity contribution in [3.8, 4) is 5.75 Å². The Balaban J connectivity index is 1.61. The quantitative estimate of drug-likeness (QED) is 0.669. The molecule has 3 rings (SSSR count). The molecule has 136 valence electrons. The Bertz CT molecular complexity index is 903.